The first kappa shape index (κ1) is 20.4. The molecule has 0 aromatic heterocycles. The van der Waals surface area contributed by atoms with Gasteiger partial charge in [0.15, 0.2) is 5.96 Å². The van der Waals surface area contributed by atoms with E-state index in [-0.39, 0.29) is 0 Å². The number of nitrogens with zero attached hydrogens (tertiary/aromatic N) is 3. The molecule has 0 spiro atoms. The summed E-state index contributed by atoms with van der Waals surface area (Å²) in [4.78, 5) is 9.52. The molecular formula is C15H35N3O2Si. The summed E-state index contributed by atoms with van der Waals surface area (Å²) in [6.45, 7) is 15.6. The average Bonchev–Trinajstić information content (AvgIpc) is 2.52. The molecule has 126 valence electrons. The molecule has 0 rings (SSSR count). The first-order valence-electron chi connectivity index (χ1n) is 8.16. The summed E-state index contributed by atoms with van der Waals surface area (Å²) in [7, 11) is 1.54. The molecular weight excluding hydrogens is 282 g/mol. The maximum Gasteiger partial charge on any atom is 0.334 e. The minimum atomic E-state index is -1.95. The van der Waals surface area contributed by atoms with E-state index >= 15 is 0 Å². The van der Waals surface area contributed by atoms with Gasteiger partial charge in [-0.1, -0.05) is 0 Å². The highest BCUT2D eigenvalue weighted by molar-refractivity contribution is 6.65. The Morgan fingerprint density at radius 3 is 1.67 bits per heavy atom. The molecule has 0 aromatic carbocycles. The van der Waals surface area contributed by atoms with Crippen LogP contribution in [0.15, 0.2) is 4.99 Å². The standard InChI is InChI=1S/C15H35N3O2Si/c1-8-17(9-2)15(18(10-3)11-4)16-13-12-14-21(7,19-5)20-6/h8-14H2,1-7H3. The van der Waals surface area contributed by atoms with Crippen LogP contribution in [0, 0.1) is 0 Å². The summed E-state index contributed by atoms with van der Waals surface area (Å²) >= 11 is 0. The Hall–Kier alpha value is -0.593. The van der Waals surface area contributed by atoms with Crippen LogP contribution in [0.5, 0.6) is 0 Å². The molecule has 0 aliphatic carbocycles. The van der Waals surface area contributed by atoms with Crippen LogP contribution in [0.1, 0.15) is 34.1 Å². The second kappa shape index (κ2) is 11.0. The third-order valence-electron chi connectivity index (χ3n) is 4.00. The molecule has 6 heteroatoms. The predicted octanol–water partition coefficient (Wildman–Crippen LogP) is 2.78. The van der Waals surface area contributed by atoms with Crippen LogP contribution in [-0.2, 0) is 8.85 Å². The molecule has 0 aromatic rings. The van der Waals surface area contributed by atoms with Crippen LogP contribution in [0.2, 0.25) is 12.6 Å². The fourth-order valence-electron chi connectivity index (χ4n) is 2.28. The minimum absolute atomic E-state index is 0.831. The zero-order valence-electron chi connectivity index (χ0n) is 15.1. The first-order valence-corrected chi connectivity index (χ1v) is 10.7. The van der Waals surface area contributed by atoms with Crippen LogP contribution in [0.25, 0.3) is 0 Å². The lowest BCUT2D eigenvalue weighted by Crippen LogP contribution is -2.44. The number of hydrogen-bond donors (Lipinski definition) is 0. The zero-order valence-corrected chi connectivity index (χ0v) is 16.1. The Morgan fingerprint density at radius 1 is 0.905 bits per heavy atom. The summed E-state index contributed by atoms with van der Waals surface area (Å²) in [5, 5.41) is 0. The third kappa shape index (κ3) is 6.80. The number of aliphatic imine (C=N–C) groups is 1. The normalized spacial score (nSPS) is 11.4. The molecule has 0 aliphatic rings. The van der Waals surface area contributed by atoms with Gasteiger partial charge in [-0.05, 0) is 46.7 Å². The largest absolute Gasteiger partial charge is 0.398 e. The molecule has 0 saturated heterocycles. The van der Waals surface area contributed by atoms with Crippen molar-refractivity contribution in [1.29, 1.82) is 0 Å². The van der Waals surface area contributed by atoms with Gasteiger partial charge in [-0.15, -0.1) is 0 Å². The van der Waals surface area contributed by atoms with E-state index in [4.69, 9.17) is 13.8 Å². The highest BCUT2D eigenvalue weighted by Crippen LogP contribution is 2.13. The Bertz CT molecular complexity index is 275. The van der Waals surface area contributed by atoms with Gasteiger partial charge in [0.1, 0.15) is 0 Å². The SMILES string of the molecule is CCN(CC)C(=NCCC[Si](C)(OC)OC)N(CC)CC. The first-order chi connectivity index (χ1) is 10.0. The molecule has 0 atom stereocenters. The smallest absolute Gasteiger partial charge is 0.334 e. The highest BCUT2D eigenvalue weighted by Gasteiger charge is 2.27. The van der Waals surface area contributed by atoms with Crippen molar-refractivity contribution in [1.82, 2.24) is 9.80 Å². The quantitative estimate of drug-likeness (QED) is 0.269. The second-order valence-electron chi connectivity index (χ2n) is 5.17. The van der Waals surface area contributed by atoms with Gasteiger partial charge in [-0.3, -0.25) is 4.99 Å². The van der Waals surface area contributed by atoms with Gasteiger partial charge in [-0.2, -0.15) is 0 Å². The van der Waals surface area contributed by atoms with Gasteiger partial charge in [0.2, 0.25) is 0 Å². The summed E-state index contributed by atoms with van der Waals surface area (Å²) in [6.07, 6.45) is 1.01. The van der Waals surface area contributed by atoms with E-state index in [0.717, 1.165) is 51.1 Å². The van der Waals surface area contributed by atoms with E-state index in [1.165, 1.54) is 0 Å². The third-order valence-corrected chi connectivity index (χ3v) is 6.99. The van der Waals surface area contributed by atoms with Crippen molar-refractivity contribution in [2.24, 2.45) is 4.99 Å². The van der Waals surface area contributed by atoms with Crippen molar-refractivity contribution in [3.63, 3.8) is 0 Å². The topological polar surface area (TPSA) is 37.3 Å². The number of rotatable bonds is 10. The minimum Gasteiger partial charge on any atom is -0.398 e. The molecule has 0 fully saturated rings. The molecule has 0 radical (unpaired) electrons. The summed E-state index contributed by atoms with van der Waals surface area (Å²) in [6, 6.07) is 0.979. The van der Waals surface area contributed by atoms with Crippen molar-refractivity contribution in [2.75, 3.05) is 46.9 Å². The zero-order chi connectivity index (χ0) is 16.3. The lowest BCUT2D eigenvalue weighted by Gasteiger charge is -2.32. The van der Waals surface area contributed by atoms with Crippen LogP contribution in [0.3, 0.4) is 0 Å². The van der Waals surface area contributed by atoms with Crippen LogP contribution < -0.4 is 0 Å². The van der Waals surface area contributed by atoms with E-state index in [0.29, 0.717) is 0 Å². The maximum atomic E-state index is 5.52. The molecule has 0 amide bonds. The van der Waals surface area contributed by atoms with Crippen LogP contribution >= 0.6 is 0 Å². The van der Waals surface area contributed by atoms with Crippen LogP contribution in [0.4, 0.5) is 0 Å². The van der Waals surface area contributed by atoms with Crippen LogP contribution in [-0.4, -0.2) is 71.3 Å². The van der Waals surface area contributed by atoms with E-state index in [1.807, 2.05) is 0 Å². The van der Waals surface area contributed by atoms with E-state index in [2.05, 4.69) is 44.0 Å². The number of guanidine groups is 1. The van der Waals surface area contributed by atoms with Gasteiger partial charge in [-0.25, -0.2) is 0 Å². The van der Waals surface area contributed by atoms with E-state index in [1.54, 1.807) is 14.2 Å². The summed E-state index contributed by atoms with van der Waals surface area (Å²) < 4.78 is 11.0. The van der Waals surface area contributed by atoms with Crippen molar-refractivity contribution in [3.05, 3.63) is 0 Å². The molecule has 0 N–H and O–H groups in total. The lowest BCUT2D eigenvalue weighted by molar-refractivity contribution is 0.248. The van der Waals surface area contributed by atoms with Gasteiger partial charge in [0.25, 0.3) is 0 Å². The Kier molecular flexibility index (Phi) is 10.7. The molecule has 0 aliphatic heterocycles. The van der Waals surface area contributed by atoms with Crippen molar-refractivity contribution < 1.29 is 8.85 Å². The molecule has 0 bridgehead atoms. The summed E-state index contributed by atoms with van der Waals surface area (Å²) in [5.41, 5.74) is 0. The second-order valence-corrected chi connectivity index (χ2v) is 8.76. The van der Waals surface area contributed by atoms with Gasteiger partial charge in [0, 0.05) is 46.9 Å². The van der Waals surface area contributed by atoms with Crippen molar-refractivity contribution in [2.45, 2.75) is 46.7 Å². The predicted molar refractivity (Wildman–Crippen MR) is 93.2 cm³/mol. The monoisotopic (exact) mass is 317 g/mol. The highest BCUT2D eigenvalue weighted by atomic mass is 28.4. The average molecular weight is 318 g/mol. The van der Waals surface area contributed by atoms with Gasteiger partial charge < -0.3 is 18.7 Å². The fourth-order valence-corrected chi connectivity index (χ4v) is 3.65. The molecule has 0 unspecified atom stereocenters. The maximum absolute atomic E-state index is 5.52. The Balaban J connectivity index is 4.70. The Labute approximate surface area is 132 Å². The van der Waals surface area contributed by atoms with Crippen molar-refractivity contribution >= 4 is 14.5 Å². The molecule has 21 heavy (non-hydrogen) atoms. The van der Waals surface area contributed by atoms with Gasteiger partial charge in [0.05, 0.1) is 0 Å². The molecule has 0 heterocycles. The summed E-state index contributed by atoms with van der Waals surface area (Å²) in [5.74, 6) is 1.13. The molecule has 0 saturated carbocycles. The van der Waals surface area contributed by atoms with Gasteiger partial charge >= 0.3 is 8.56 Å². The van der Waals surface area contributed by atoms with E-state index < -0.39 is 8.56 Å². The molecule has 5 nitrogen and oxygen atoms in total. The van der Waals surface area contributed by atoms with E-state index in [9.17, 15) is 0 Å². The number of hydrogen-bond acceptors (Lipinski definition) is 3. The van der Waals surface area contributed by atoms with Crippen molar-refractivity contribution in [3.8, 4) is 0 Å². The fraction of sp³-hybridized carbons (Fsp3) is 0.933. The Morgan fingerprint density at radius 2 is 1.33 bits per heavy atom. The lowest BCUT2D eigenvalue weighted by atomic mass is 10.4.